The largest absolute Gasteiger partial charge is 0.496 e. The van der Waals surface area contributed by atoms with Crippen molar-refractivity contribution >= 4 is 18.0 Å². The second-order valence-electron chi connectivity index (χ2n) is 4.94. The predicted molar refractivity (Wildman–Crippen MR) is 78.7 cm³/mol. The molecule has 0 heterocycles. The lowest BCUT2D eigenvalue weighted by Crippen LogP contribution is -2.36. The summed E-state index contributed by atoms with van der Waals surface area (Å²) in [6, 6.07) is 7.57. The van der Waals surface area contributed by atoms with Gasteiger partial charge in [0, 0.05) is 17.7 Å². The van der Waals surface area contributed by atoms with Crippen LogP contribution in [-0.4, -0.2) is 31.1 Å². The van der Waals surface area contributed by atoms with E-state index < -0.39 is 12.1 Å². The number of carbonyl (C=O) groups is 2. The molecule has 5 nitrogen and oxygen atoms in total. The molecule has 1 aliphatic carbocycles. The maximum atomic E-state index is 11.7. The first-order valence-corrected chi connectivity index (χ1v) is 6.92. The first-order valence-electron chi connectivity index (χ1n) is 6.92. The Bertz CT molecular complexity index is 549. The van der Waals surface area contributed by atoms with E-state index in [2.05, 4.69) is 5.32 Å². The molecule has 1 aromatic carbocycles. The van der Waals surface area contributed by atoms with Gasteiger partial charge in [-0.15, -0.1) is 0 Å². The third kappa shape index (κ3) is 4.63. The van der Waals surface area contributed by atoms with Gasteiger partial charge in [0.2, 0.25) is 0 Å². The molecule has 1 atom stereocenters. The first kappa shape index (κ1) is 15.1. The molecule has 0 aliphatic heterocycles. The van der Waals surface area contributed by atoms with Crippen LogP contribution in [0.25, 0.3) is 6.08 Å². The molecule has 0 bridgehead atoms. The third-order valence-electron chi connectivity index (χ3n) is 3.12. The van der Waals surface area contributed by atoms with Crippen LogP contribution in [-0.2, 0) is 14.3 Å². The highest BCUT2D eigenvalue weighted by atomic mass is 16.5. The van der Waals surface area contributed by atoms with Crippen molar-refractivity contribution in [3.05, 3.63) is 35.9 Å². The van der Waals surface area contributed by atoms with E-state index in [0.29, 0.717) is 5.75 Å². The van der Waals surface area contributed by atoms with Gasteiger partial charge in [-0.3, -0.25) is 4.79 Å². The summed E-state index contributed by atoms with van der Waals surface area (Å²) in [6.45, 7) is 1.56. The SMILES string of the molecule is COc1ccccc1/C=C/C(=O)O[C@H](C)C(=O)NC1CC1. The smallest absolute Gasteiger partial charge is 0.331 e. The minimum absolute atomic E-state index is 0.253. The van der Waals surface area contributed by atoms with Crippen LogP contribution >= 0.6 is 0 Å². The molecule has 0 spiro atoms. The van der Waals surface area contributed by atoms with E-state index in [4.69, 9.17) is 9.47 Å². The summed E-state index contributed by atoms with van der Waals surface area (Å²) in [5.74, 6) is -0.142. The standard InChI is InChI=1S/C16H19NO4/c1-11(16(19)17-13-8-9-13)21-15(18)10-7-12-5-3-4-6-14(12)20-2/h3-7,10-11,13H,8-9H2,1-2H3,(H,17,19)/b10-7+/t11-/m1/s1. The Morgan fingerprint density at radius 1 is 1.33 bits per heavy atom. The number of ether oxygens (including phenoxy) is 2. The molecule has 0 aromatic heterocycles. The van der Waals surface area contributed by atoms with E-state index in [-0.39, 0.29) is 11.9 Å². The lowest BCUT2D eigenvalue weighted by molar-refractivity contribution is -0.150. The van der Waals surface area contributed by atoms with Crippen LogP contribution in [0.2, 0.25) is 0 Å². The number of hydrogen-bond donors (Lipinski definition) is 1. The fourth-order valence-electron chi connectivity index (χ4n) is 1.78. The number of methoxy groups -OCH3 is 1. The lowest BCUT2D eigenvalue weighted by atomic mass is 10.2. The Labute approximate surface area is 123 Å². The molecule has 1 aliphatic rings. The molecular formula is C16H19NO4. The van der Waals surface area contributed by atoms with Crippen molar-refractivity contribution in [1.82, 2.24) is 5.32 Å². The highest BCUT2D eigenvalue weighted by Gasteiger charge is 2.26. The van der Waals surface area contributed by atoms with Crippen molar-refractivity contribution in [3.63, 3.8) is 0 Å². The van der Waals surface area contributed by atoms with Gasteiger partial charge in [0.1, 0.15) is 5.75 Å². The Morgan fingerprint density at radius 2 is 2.05 bits per heavy atom. The number of esters is 1. The molecule has 0 unspecified atom stereocenters. The van der Waals surface area contributed by atoms with Gasteiger partial charge >= 0.3 is 5.97 Å². The van der Waals surface area contributed by atoms with Gasteiger partial charge in [-0.05, 0) is 31.9 Å². The highest BCUT2D eigenvalue weighted by molar-refractivity contribution is 5.90. The van der Waals surface area contributed by atoms with Crippen LogP contribution in [0, 0.1) is 0 Å². The van der Waals surface area contributed by atoms with Crippen molar-refractivity contribution in [1.29, 1.82) is 0 Å². The van der Waals surface area contributed by atoms with Gasteiger partial charge < -0.3 is 14.8 Å². The molecule has 0 radical (unpaired) electrons. The maximum Gasteiger partial charge on any atom is 0.331 e. The molecule has 1 fully saturated rings. The molecular weight excluding hydrogens is 270 g/mol. The van der Waals surface area contributed by atoms with Crippen LogP contribution in [0.3, 0.4) is 0 Å². The second kappa shape index (κ2) is 6.92. The van der Waals surface area contributed by atoms with Gasteiger partial charge in [-0.25, -0.2) is 4.79 Å². The van der Waals surface area contributed by atoms with E-state index in [1.165, 1.54) is 6.08 Å². The quantitative estimate of drug-likeness (QED) is 0.642. The highest BCUT2D eigenvalue weighted by Crippen LogP contribution is 2.19. The van der Waals surface area contributed by atoms with Crippen LogP contribution in [0.5, 0.6) is 5.75 Å². The van der Waals surface area contributed by atoms with Gasteiger partial charge in [-0.1, -0.05) is 18.2 Å². The average Bonchev–Trinajstić information content (AvgIpc) is 3.29. The monoisotopic (exact) mass is 289 g/mol. The normalized spacial score (nSPS) is 15.5. The molecule has 2 rings (SSSR count). The van der Waals surface area contributed by atoms with Gasteiger partial charge in [0.25, 0.3) is 5.91 Å². The van der Waals surface area contributed by atoms with Crippen LogP contribution in [0.1, 0.15) is 25.3 Å². The third-order valence-corrected chi connectivity index (χ3v) is 3.12. The zero-order chi connectivity index (χ0) is 15.2. The lowest BCUT2D eigenvalue weighted by Gasteiger charge is -2.11. The summed E-state index contributed by atoms with van der Waals surface area (Å²) in [5, 5.41) is 2.79. The Morgan fingerprint density at radius 3 is 2.71 bits per heavy atom. The van der Waals surface area contributed by atoms with Crippen molar-refractivity contribution in [3.8, 4) is 5.75 Å². The molecule has 112 valence electrons. The van der Waals surface area contributed by atoms with Crippen LogP contribution < -0.4 is 10.1 Å². The van der Waals surface area contributed by atoms with Crippen molar-refractivity contribution < 1.29 is 19.1 Å². The van der Waals surface area contributed by atoms with Gasteiger partial charge in [-0.2, -0.15) is 0 Å². The fourth-order valence-corrected chi connectivity index (χ4v) is 1.78. The summed E-state index contributed by atoms with van der Waals surface area (Å²) in [5.41, 5.74) is 0.770. The second-order valence-corrected chi connectivity index (χ2v) is 4.94. The topological polar surface area (TPSA) is 64.6 Å². The number of benzene rings is 1. The van der Waals surface area contributed by atoms with Crippen LogP contribution in [0.15, 0.2) is 30.3 Å². The zero-order valence-electron chi connectivity index (χ0n) is 12.2. The Hall–Kier alpha value is -2.30. The van der Waals surface area contributed by atoms with Crippen molar-refractivity contribution in [2.45, 2.75) is 31.9 Å². The first-order chi connectivity index (χ1) is 10.1. The predicted octanol–water partition coefficient (Wildman–Crippen LogP) is 1.92. The summed E-state index contributed by atoms with van der Waals surface area (Å²) in [7, 11) is 1.56. The van der Waals surface area contributed by atoms with Crippen molar-refractivity contribution in [2.24, 2.45) is 0 Å². The van der Waals surface area contributed by atoms with Gasteiger partial charge in [0.15, 0.2) is 6.10 Å². The number of para-hydroxylation sites is 1. The van der Waals surface area contributed by atoms with Crippen LogP contribution in [0.4, 0.5) is 0 Å². The summed E-state index contributed by atoms with van der Waals surface area (Å²) >= 11 is 0. The Balaban J connectivity index is 1.88. The number of hydrogen-bond acceptors (Lipinski definition) is 4. The minimum Gasteiger partial charge on any atom is -0.496 e. The van der Waals surface area contributed by atoms with E-state index in [1.54, 1.807) is 26.2 Å². The number of amides is 1. The zero-order valence-corrected chi connectivity index (χ0v) is 12.2. The fraction of sp³-hybridized carbons (Fsp3) is 0.375. The molecule has 1 N–H and O–H groups in total. The molecule has 5 heteroatoms. The number of nitrogens with one attached hydrogen (secondary N) is 1. The van der Waals surface area contributed by atoms with E-state index in [1.807, 2.05) is 18.2 Å². The summed E-state index contributed by atoms with van der Waals surface area (Å²) in [6.07, 6.45) is 4.10. The molecule has 1 saturated carbocycles. The Kier molecular flexibility index (Phi) is 4.98. The van der Waals surface area contributed by atoms with Crippen molar-refractivity contribution in [2.75, 3.05) is 7.11 Å². The summed E-state index contributed by atoms with van der Waals surface area (Å²) in [4.78, 5) is 23.4. The number of carbonyl (C=O) groups excluding carboxylic acids is 2. The van der Waals surface area contributed by atoms with E-state index in [9.17, 15) is 9.59 Å². The minimum atomic E-state index is -0.791. The van der Waals surface area contributed by atoms with Gasteiger partial charge in [0.05, 0.1) is 7.11 Å². The van der Waals surface area contributed by atoms with E-state index >= 15 is 0 Å². The summed E-state index contributed by atoms with van der Waals surface area (Å²) < 4.78 is 10.2. The number of rotatable bonds is 6. The molecule has 0 saturated heterocycles. The molecule has 1 amide bonds. The molecule has 1 aromatic rings. The molecule has 21 heavy (non-hydrogen) atoms. The maximum absolute atomic E-state index is 11.7. The average molecular weight is 289 g/mol. The van der Waals surface area contributed by atoms with E-state index in [0.717, 1.165) is 18.4 Å².